The molecule has 0 radical (unpaired) electrons. The third-order valence-corrected chi connectivity index (χ3v) is 6.05. The van der Waals surface area contributed by atoms with E-state index in [2.05, 4.69) is 51.4 Å². The standard InChI is InChI=1S/C25H30ClN5O/c1-4-32-24-16-19(5-10-22(24)26)15-23-18(2)17-27-25(29-23)28-20-6-8-21(9-7-20)31-13-11-30(3)12-14-31/h5-10,16-17H,4,11-15H2,1-3H3,(H,27,28,29). The van der Waals surface area contributed by atoms with Crippen molar-refractivity contribution in [1.82, 2.24) is 14.9 Å². The monoisotopic (exact) mass is 451 g/mol. The Kier molecular flexibility index (Phi) is 7.12. The number of benzene rings is 2. The molecule has 0 unspecified atom stereocenters. The molecule has 1 aliphatic rings. The molecular formula is C25H30ClN5O. The van der Waals surface area contributed by atoms with Gasteiger partial charge in [0.2, 0.25) is 5.95 Å². The summed E-state index contributed by atoms with van der Waals surface area (Å²) < 4.78 is 5.62. The van der Waals surface area contributed by atoms with E-state index in [1.807, 2.05) is 38.2 Å². The van der Waals surface area contributed by atoms with E-state index >= 15 is 0 Å². The molecule has 2 aromatic carbocycles. The van der Waals surface area contributed by atoms with E-state index in [9.17, 15) is 0 Å². The van der Waals surface area contributed by atoms with Crippen molar-refractivity contribution in [2.45, 2.75) is 20.3 Å². The van der Waals surface area contributed by atoms with Crippen molar-refractivity contribution in [3.8, 4) is 5.75 Å². The van der Waals surface area contributed by atoms with Crippen LogP contribution >= 0.6 is 11.6 Å². The van der Waals surface area contributed by atoms with E-state index in [1.165, 1.54) is 5.69 Å². The number of anilines is 3. The third-order valence-electron chi connectivity index (χ3n) is 5.74. The number of likely N-dealkylation sites (N-methyl/N-ethyl adjacent to an activating group) is 1. The predicted molar refractivity (Wildman–Crippen MR) is 132 cm³/mol. The Labute approximate surface area is 195 Å². The maximum atomic E-state index is 6.23. The zero-order chi connectivity index (χ0) is 22.5. The molecule has 7 heteroatoms. The van der Waals surface area contributed by atoms with Crippen molar-refractivity contribution in [3.63, 3.8) is 0 Å². The Bertz CT molecular complexity index is 1050. The Morgan fingerprint density at radius 3 is 2.53 bits per heavy atom. The Hall–Kier alpha value is -2.83. The quantitative estimate of drug-likeness (QED) is 0.550. The summed E-state index contributed by atoms with van der Waals surface area (Å²) in [6.45, 7) is 8.88. The maximum absolute atomic E-state index is 6.23. The molecule has 32 heavy (non-hydrogen) atoms. The number of rotatable bonds is 7. The molecule has 0 saturated carbocycles. The van der Waals surface area contributed by atoms with Crippen LogP contribution in [0.2, 0.25) is 5.02 Å². The van der Waals surface area contributed by atoms with Gasteiger partial charge in [0, 0.05) is 50.2 Å². The molecule has 1 aromatic heterocycles. The highest BCUT2D eigenvalue weighted by molar-refractivity contribution is 6.32. The van der Waals surface area contributed by atoms with Gasteiger partial charge in [0.25, 0.3) is 0 Å². The zero-order valence-electron chi connectivity index (χ0n) is 18.9. The van der Waals surface area contributed by atoms with E-state index in [-0.39, 0.29) is 0 Å². The molecule has 1 N–H and O–H groups in total. The van der Waals surface area contributed by atoms with Gasteiger partial charge in [0.05, 0.1) is 17.3 Å². The van der Waals surface area contributed by atoms with Crippen molar-refractivity contribution in [1.29, 1.82) is 0 Å². The SMILES string of the molecule is CCOc1cc(Cc2nc(Nc3ccc(N4CCN(C)CC4)cc3)ncc2C)ccc1Cl. The predicted octanol–water partition coefficient (Wildman–Crippen LogP) is 4.92. The van der Waals surface area contributed by atoms with Crippen LogP contribution in [0.25, 0.3) is 0 Å². The molecule has 168 valence electrons. The minimum atomic E-state index is 0.581. The fourth-order valence-electron chi connectivity index (χ4n) is 3.78. The van der Waals surface area contributed by atoms with Crippen LogP contribution < -0.4 is 15.0 Å². The van der Waals surface area contributed by atoms with E-state index in [1.54, 1.807) is 0 Å². The van der Waals surface area contributed by atoms with Crippen molar-refractivity contribution in [2.75, 3.05) is 50.1 Å². The normalized spacial score (nSPS) is 14.4. The van der Waals surface area contributed by atoms with Gasteiger partial charge in [0.1, 0.15) is 5.75 Å². The highest BCUT2D eigenvalue weighted by Crippen LogP contribution is 2.27. The Morgan fingerprint density at radius 2 is 1.81 bits per heavy atom. The van der Waals surface area contributed by atoms with Crippen LogP contribution in [0.15, 0.2) is 48.7 Å². The van der Waals surface area contributed by atoms with Gasteiger partial charge in [-0.1, -0.05) is 17.7 Å². The molecule has 3 aromatic rings. The summed E-state index contributed by atoms with van der Waals surface area (Å²) in [5, 5.41) is 3.96. The molecule has 4 rings (SSSR count). The molecule has 1 saturated heterocycles. The molecule has 0 aliphatic carbocycles. The minimum Gasteiger partial charge on any atom is -0.492 e. The number of nitrogens with zero attached hydrogens (tertiary/aromatic N) is 4. The number of halogens is 1. The number of aryl methyl sites for hydroxylation is 1. The van der Waals surface area contributed by atoms with Crippen molar-refractivity contribution in [3.05, 3.63) is 70.5 Å². The van der Waals surface area contributed by atoms with E-state index in [0.717, 1.165) is 48.7 Å². The smallest absolute Gasteiger partial charge is 0.227 e. The van der Waals surface area contributed by atoms with Gasteiger partial charge >= 0.3 is 0 Å². The Morgan fingerprint density at radius 1 is 1.06 bits per heavy atom. The first kappa shape index (κ1) is 22.4. The van der Waals surface area contributed by atoms with Gasteiger partial charge in [0.15, 0.2) is 0 Å². The average Bonchev–Trinajstić information content (AvgIpc) is 2.80. The first-order valence-corrected chi connectivity index (χ1v) is 11.4. The van der Waals surface area contributed by atoms with Crippen molar-refractivity contribution < 1.29 is 4.74 Å². The molecule has 0 spiro atoms. The van der Waals surface area contributed by atoms with Gasteiger partial charge in [-0.05, 0) is 68.4 Å². The second-order valence-corrected chi connectivity index (χ2v) is 8.57. The number of ether oxygens (including phenoxy) is 1. The van der Waals surface area contributed by atoms with E-state index in [4.69, 9.17) is 21.3 Å². The van der Waals surface area contributed by atoms with Crippen LogP contribution in [0, 0.1) is 6.92 Å². The highest BCUT2D eigenvalue weighted by atomic mass is 35.5. The van der Waals surface area contributed by atoms with Crippen molar-refractivity contribution in [2.24, 2.45) is 0 Å². The molecule has 0 bridgehead atoms. The van der Waals surface area contributed by atoms with Crippen LogP contribution in [0.1, 0.15) is 23.7 Å². The van der Waals surface area contributed by atoms with Gasteiger partial charge < -0.3 is 19.9 Å². The third kappa shape index (κ3) is 5.50. The highest BCUT2D eigenvalue weighted by Gasteiger charge is 2.14. The summed E-state index contributed by atoms with van der Waals surface area (Å²) in [7, 11) is 2.17. The van der Waals surface area contributed by atoms with Crippen LogP contribution in [0.4, 0.5) is 17.3 Å². The van der Waals surface area contributed by atoms with E-state index < -0.39 is 0 Å². The molecule has 0 atom stereocenters. The first-order chi connectivity index (χ1) is 15.5. The topological polar surface area (TPSA) is 53.5 Å². The average molecular weight is 452 g/mol. The zero-order valence-corrected chi connectivity index (χ0v) is 19.7. The summed E-state index contributed by atoms with van der Waals surface area (Å²) in [6.07, 6.45) is 2.55. The first-order valence-electron chi connectivity index (χ1n) is 11.1. The summed E-state index contributed by atoms with van der Waals surface area (Å²) in [4.78, 5) is 14.0. The van der Waals surface area contributed by atoms with Crippen LogP contribution in [0.5, 0.6) is 5.75 Å². The number of hydrogen-bond acceptors (Lipinski definition) is 6. The minimum absolute atomic E-state index is 0.581. The molecular weight excluding hydrogens is 422 g/mol. The molecule has 2 heterocycles. The lowest BCUT2D eigenvalue weighted by atomic mass is 10.1. The van der Waals surface area contributed by atoms with Gasteiger partial charge in [-0.25, -0.2) is 9.97 Å². The van der Waals surface area contributed by atoms with Crippen LogP contribution in [-0.2, 0) is 6.42 Å². The lowest BCUT2D eigenvalue weighted by Crippen LogP contribution is -2.44. The Balaban J connectivity index is 1.45. The van der Waals surface area contributed by atoms with Crippen molar-refractivity contribution >= 4 is 28.9 Å². The maximum Gasteiger partial charge on any atom is 0.227 e. The number of hydrogen-bond donors (Lipinski definition) is 1. The summed E-state index contributed by atoms with van der Waals surface area (Å²) in [5.74, 6) is 1.30. The second kappa shape index (κ2) is 10.2. The summed E-state index contributed by atoms with van der Waals surface area (Å²) >= 11 is 6.23. The van der Waals surface area contributed by atoms with Crippen LogP contribution in [0.3, 0.4) is 0 Å². The van der Waals surface area contributed by atoms with E-state index in [0.29, 0.717) is 29.7 Å². The second-order valence-electron chi connectivity index (χ2n) is 8.16. The fourth-order valence-corrected chi connectivity index (χ4v) is 3.96. The number of piperazine rings is 1. The lowest BCUT2D eigenvalue weighted by Gasteiger charge is -2.34. The van der Waals surface area contributed by atoms with Gasteiger partial charge in [-0.3, -0.25) is 0 Å². The van der Waals surface area contributed by atoms with Gasteiger partial charge in [-0.15, -0.1) is 0 Å². The number of aromatic nitrogens is 2. The van der Waals surface area contributed by atoms with Crippen LogP contribution in [-0.4, -0.2) is 54.7 Å². The number of nitrogens with one attached hydrogen (secondary N) is 1. The molecule has 6 nitrogen and oxygen atoms in total. The molecule has 1 aliphatic heterocycles. The summed E-state index contributed by atoms with van der Waals surface area (Å²) in [5.41, 5.74) is 5.35. The molecule has 0 amide bonds. The molecule has 1 fully saturated rings. The lowest BCUT2D eigenvalue weighted by molar-refractivity contribution is 0.313. The fraction of sp³-hybridized carbons (Fsp3) is 0.360. The van der Waals surface area contributed by atoms with Gasteiger partial charge in [-0.2, -0.15) is 0 Å². The summed E-state index contributed by atoms with van der Waals surface area (Å²) in [6, 6.07) is 14.4. The largest absolute Gasteiger partial charge is 0.492 e.